The van der Waals surface area contributed by atoms with Crippen molar-refractivity contribution in [3.05, 3.63) is 47.0 Å². The first-order valence-electron chi connectivity index (χ1n) is 11.4. The largest absolute Gasteiger partial charge is 0.481 e. The van der Waals surface area contributed by atoms with Gasteiger partial charge in [-0.25, -0.2) is 9.97 Å². The van der Waals surface area contributed by atoms with Crippen molar-refractivity contribution in [2.75, 3.05) is 13.7 Å². The summed E-state index contributed by atoms with van der Waals surface area (Å²) in [5.41, 5.74) is 4.43. The molecule has 0 radical (unpaired) electrons. The summed E-state index contributed by atoms with van der Waals surface area (Å²) < 4.78 is 4.96. The van der Waals surface area contributed by atoms with Gasteiger partial charge in [0.2, 0.25) is 5.91 Å². The molecule has 1 amide bonds. The monoisotopic (exact) mass is 472 g/mol. The number of carboxylic acids is 1. The number of pyridine rings is 1. The van der Waals surface area contributed by atoms with Crippen molar-refractivity contribution in [1.82, 2.24) is 19.9 Å². The van der Waals surface area contributed by atoms with Gasteiger partial charge >= 0.3 is 12.0 Å². The van der Waals surface area contributed by atoms with Crippen LogP contribution in [0.15, 0.2) is 24.5 Å². The minimum Gasteiger partial charge on any atom is -0.481 e. The van der Waals surface area contributed by atoms with Crippen LogP contribution in [0.25, 0.3) is 0 Å². The highest BCUT2D eigenvalue weighted by Gasteiger charge is 2.41. The Morgan fingerprint density at radius 3 is 2.67 bits per heavy atom. The van der Waals surface area contributed by atoms with Crippen LogP contribution in [-0.4, -0.2) is 50.5 Å². The Bertz CT molecular complexity index is 969. The number of likely N-dealkylation sites (tertiary alicyclic amines) is 1. The summed E-state index contributed by atoms with van der Waals surface area (Å²) in [6.07, 6.45) is 11.3. The van der Waals surface area contributed by atoms with Gasteiger partial charge < -0.3 is 14.7 Å². The fraction of sp³-hybridized carbons (Fsp3) is 0.542. The predicted octanol–water partition coefficient (Wildman–Crippen LogP) is 3.26. The van der Waals surface area contributed by atoms with Crippen molar-refractivity contribution in [3.63, 3.8) is 0 Å². The minimum atomic E-state index is -0.959. The van der Waals surface area contributed by atoms with E-state index in [1.165, 1.54) is 43.6 Å². The third-order valence-electron chi connectivity index (χ3n) is 6.48. The topological polar surface area (TPSA) is 106 Å². The van der Waals surface area contributed by atoms with Crippen LogP contribution in [0.2, 0.25) is 0 Å². The number of aryl methyl sites for hydroxylation is 3. The van der Waals surface area contributed by atoms with Gasteiger partial charge in [0.25, 0.3) is 0 Å². The highest BCUT2D eigenvalue weighted by Crippen LogP contribution is 2.34. The fourth-order valence-corrected chi connectivity index (χ4v) is 4.66. The molecule has 1 unspecified atom stereocenters. The van der Waals surface area contributed by atoms with Gasteiger partial charge in [-0.3, -0.25) is 14.6 Å². The maximum atomic E-state index is 12.8. The molecule has 2 aromatic heterocycles. The lowest BCUT2D eigenvalue weighted by Crippen LogP contribution is -2.54. The Kier molecular flexibility index (Phi) is 8.66. The van der Waals surface area contributed by atoms with E-state index in [2.05, 4.69) is 22.1 Å². The maximum Gasteiger partial charge on any atom is 0.316 e. The number of carbonyl (C=O) groups excluding carboxylic acids is 1. The molecule has 0 saturated carbocycles. The summed E-state index contributed by atoms with van der Waals surface area (Å²) in [6, 6.07) is 4.04. The van der Waals surface area contributed by atoms with Crippen molar-refractivity contribution < 1.29 is 19.4 Å². The van der Waals surface area contributed by atoms with Crippen LogP contribution in [0, 0.1) is 5.92 Å². The Morgan fingerprint density at radius 1 is 1.21 bits per heavy atom. The average Bonchev–Trinajstić information content (AvgIpc) is 2.81. The van der Waals surface area contributed by atoms with Gasteiger partial charge in [0.1, 0.15) is 0 Å². The molecule has 4 rings (SSSR count). The number of β-lactam (4-membered cyclic amide) rings is 1. The standard InChI is InChI=1S/C24H30N4O4.H2S/c1-32-24-25-13-18(14-26-24)21(12-22(29)30)28-15-17(23(28)31)7-2-4-8-19-11-10-16-6-3-5-9-20(16)27-19;/h10-11,13-14,17,21H,2-9,12,15H2,1H3,(H,29,30);1H2/t17?,21-;/m0./s1. The number of carbonyl (C=O) groups is 2. The molecule has 1 aliphatic carbocycles. The van der Waals surface area contributed by atoms with Gasteiger partial charge in [0.15, 0.2) is 0 Å². The molecule has 1 saturated heterocycles. The molecule has 1 N–H and O–H groups in total. The van der Waals surface area contributed by atoms with Gasteiger partial charge in [0.05, 0.1) is 25.5 Å². The summed E-state index contributed by atoms with van der Waals surface area (Å²) in [6.45, 7) is 0.569. The molecule has 9 heteroatoms. The van der Waals surface area contributed by atoms with Crippen molar-refractivity contribution in [1.29, 1.82) is 0 Å². The molecule has 1 fully saturated rings. The number of nitrogens with zero attached hydrogens (tertiary/aromatic N) is 4. The zero-order valence-electron chi connectivity index (χ0n) is 19.0. The summed E-state index contributed by atoms with van der Waals surface area (Å²) in [5.74, 6) is -0.986. The number of carboxylic acid groups (broad SMARTS) is 1. The Hall–Kier alpha value is -2.68. The van der Waals surface area contributed by atoms with Crippen molar-refractivity contribution in [2.24, 2.45) is 5.92 Å². The molecule has 2 aromatic rings. The number of methoxy groups -OCH3 is 1. The first kappa shape index (κ1) is 25.0. The van der Waals surface area contributed by atoms with Crippen LogP contribution in [0.1, 0.15) is 67.1 Å². The third-order valence-corrected chi connectivity index (χ3v) is 6.48. The van der Waals surface area contributed by atoms with E-state index < -0.39 is 12.0 Å². The molecule has 178 valence electrons. The molecular weight excluding hydrogens is 440 g/mol. The van der Waals surface area contributed by atoms with E-state index in [-0.39, 0.29) is 37.8 Å². The van der Waals surface area contributed by atoms with Gasteiger partial charge in [-0.1, -0.05) is 12.5 Å². The number of ether oxygens (including phenoxy) is 1. The Morgan fingerprint density at radius 2 is 1.97 bits per heavy atom. The van der Waals surface area contributed by atoms with E-state index in [4.69, 9.17) is 9.72 Å². The zero-order valence-corrected chi connectivity index (χ0v) is 20.0. The number of aliphatic carboxylic acids is 1. The smallest absolute Gasteiger partial charge is 0.316 e. The molecular formula is C24H32N4O4S. The van der Waals surface area contributed by atoms with Crippen LogP contribution >= 0.6 is 13.5 Å². The molecule has 1 aliphatic heterocycles. The average molecular weight is 473 g/mol. The SMILES string of the molecule is COc1ncc([C@H](CC(=O)O)N2CC(CCCCc3ccc4c(n3)CCCC4)C2=O)cn1.S. The number of amides is 1. The second kappa shape index (κ2) is 11.4. The van der Waals surface area contributed by atoms with E-state index in [1.54, 1.807) is 4.90 Å². The predicted molar refractivity (Wildman–Crippen MR) is 128 cm³/mol. The molecule has 8 nitrogen and oxygen atoms in total. The van der Waals surface area contributed by atoms with Crippen LogP contribution in [0.3, 0.4) is 0 Å². The van der Waals surface area contributed by atoms with Gasteiger partial charge in [-0.15, -0.1) is 0 Å². The van der Waals surface area contributed by atoms with Crippen LogP contribution < -0.4 is 4.74 Å². The van der Waals surface area contributed by atoms with Crippen molar-refractivity contribution in [3.8, 4) is 6.01 Å². The van der Waals surface area contributed by atoms with Crippen LogP contribution in [0.4, 0.5) is 0 Å². The second-order valence-corrected chi connectivity index (χ2v) is 8.67. The number of fused-ring (bicyclic) bond motifs is 1. The normalized spacial score (nSPS) is 18.0. The molecule has 0 spiro atoms. The van der Waals surface area contributed by atoms with E-state index in [9.17, 15) is 14.7 Å². The number of hydrogen-bond donors (Lipinski definition) is 1. The summed E-state index contributed by atoms with van der Waals surface area (Å²) in [5, 5.41) is 9.31. The quantitative estimate of drug-likeness (QED) is 0.418. The molecule has 2 aliphatic rings. The second-order valence-electron chi connectivity index (χ2n) is 8.67. The number of unbranched alkanes of at least 4 members (excludes halogenated alkanes) is 1. The summed E-state index contributed by atoms with van der Waals surface area (Å²) in [4.78, 5) is 38.7. The molecule has 33 heavy (non-hydrogen) atoms. The molecule has 3 heterocycles. The summed E-state index contributed by atoms with van der Waals surface area (Å²) >= 11 is 0. The number of hydrogen-bond acceptors (Lipinski definition) is 6. The highest BCUT2D eigenvalue weighted by molar-refractivity contribution is 7.59. The third kappa shape index (κ3) is 6.01. The first-order valence-corrected chi connectivity index (χ1v) is 11.4. The van der Waals surface area contributed by atoms with Gasteiger partial charge in [-0.05, 0) is 56.6 Å². The maximum absolute atomic E-state index is 12.8. The van der Waals surface area contributed by atoms with E-state index in [0.29, 0.717) is 12.1 Å². The molecule has 0 bridgehead atoms. The minimum absolute atomic E-state index is 0. The van der Waals surface area contributed by atoms with Gasteiger partial charge in [0, 0.05) is 35.9 Å². The van der Waals surface area contributed by atoms with Crippen LogP contribution in [-0.2, 0) is 28.9 Å². The Labute approximate surface area is 201 Å². The van der Waals surface area contributed by atoms with E-state index >= 15 is 0 Å². The van der Waals surface area contributed by atoms with E-state index in [0.717, 1.165) is 44.2 Å². The lowest BCUT2D eigenvalue weighted by molar-refractivity contribution is -0.154. The number of aromatic nitrogens is 3. The van der Waals surface area contributed by atoms with E-state index in [1.807, 2.05) is 0 Å². The number of rotatable bonds is 10. The lowest BCUT2D eigenvalue weighted by atomic mass is 9.88. The zero-order chi connectivity index (χ0) is 22.5. The van der Waals surface area contributed by atoms with Crippen LogP contribution in [0.5, 0.6) is 6.01 Å². The first-order chi connectivity index (χ1) is 15.5. The molecule has 0 aromatic carbocycles. The fourth-order valence-electron chi connectivity index (χ4n) is 4.66. The van der Waals surface area contributed by atoms with Crippen molar-refractivity contribution >= 4 is 25.4 Å². The molecule has 2 atom stereocenters. The Balaban J connectivity index is 0.00000306. The lowest BCUT2D eigenvalue weighted by Gasteiger charge is -2.43. The summed E-state index contributed by atoms with van der Waals surface area (Å²) in [7, 11) is 1.47. The van der Waals surface area contributed by atoms with Crippen molar-refractivity contribution in [2.45, 2.75) is 63.8 Å². The highest BCUT2D eigenvalue weighted by atomic mass is 32.1. The van der Waals surface area contributed by atoms with Gasteiger partial charge in [-0.2, -0.15) is 13.5 Å².